The minimum Gasteiger partial charge on any atom is -0.443 e. The summed E-state index contributed by atoms with van der Waals surface area (Å²) in [5, 5.41) is 6.98. The van der Waals surface area contributed by atoms with E-state index in [0.29, 0.717) is 18.5 Å². The lowest BCUT2D eigenvalue weighted by molar-refractivity contribution is 0.150. The van der Waals surface area contributed by atoms with Crippen LogP contribution in [0.25, 0.3) is 0 Å². The highest BCUT2D eigenvalue weighted by Crippen LogP contribution is 2.26. The Hall–Kier alpha value is -1.56. The Labute approximate surface area is 164 Å². The molecule has 0 bridgehead atoms. The van der Waals surface area contributed by atoms with Crippen LogP contribution < -0.4 is 10.6 Å². The lowest BCUT2D eigenvalue weighted by Crippen LogP contribution is -2.50. The average molecular weight is 376 g/mol. The molecule has 2 N–H and O–H groups in total. The fourth-order valence-corrected chi connectivity index (χ4v) is 4.07. The van der Waals surface area contributed by atoms with Crippen molar-refractivity contribution in [1.29, 1.82) is 0 Å². The van der Waals surface area contributed by atoms with E-state index in [-0.39, 0.29) is 5.41 Å². The van der Waals surface area contributed by atoms with E-state index in [1.165, 1.54) is 51.6 Å². The minimum atomic E-state index is -0.0228. The number of aliphatic imine (C=N–C) groups is 1. The number of nitrogens with one attached hydrogen (secondary N) is 2. The highest BCUT2D eigenvalue weighted by atomic mass is 16.4. The minimum absolute atomic E-state index is 0.0228. The fraction of sp³-hybridized carbons (Fsp3) is 0.810. The summed E-state index contributed by atoms with van der Waals surface area (Å²) in [7, 11) is 0. The van der Waals surface area contributed by atoms with E-state index >= 15 is 0 Å². The van der Waals surface area contributed by atoms with Gasteiger partial charge in [-0.15, -0.1) is 0 Å². The molecular formula is C21H37N5O. The van der Waals surface area contributed by atoms with Gasteiger partial charge in [-0.3, -0.25) is 0 Å². The zero-order valence-corrected chi connectivity index (χ0v) is 17.6. The highest BCUT2D eigenvalue weighted by Gasteiger charge is 2.27. The van der Waals surface area contributed by atoms with Crippen LogP contribution in [0.2, 0.25) is 0 Å². The summed E-state index contributed by atoms with van der Waals surface area (Å²) in [5.41, 5.74) is -0.0228. The van der Waals surface area contributed by atoms with Crippen LogP contribution in [-0.2, 0) is 12.0 Å². The number of hydrogen-bond acceptors (Lipinski definition) is 4. The molecule has 2 heterocycles. The molecule has 0 aromatic carbocycles. The van der Waals surface area contributed by atoms with Crippen LogP contribution in [0.1, 0.15) is 77.9 Å². The smallest absolute Gasteiger partial charge is 0.216 e. The Morgan fingerprint density at radius 1 is 1.22 bits per heavy atom. The molecule has 0 amide bonds. The molecule has 3 rings (SSSR count). The van der Waals surface area contributed by atoms with E-state index in [1.54, 1.807) is 0 Å². The van der Waals surface area contributed by atoms with Gasteiger partial charge in [0.2, 0.25) is 5.89 Å². The van der Waals surface area contributed by atoms with E-state index in [2.05, 4.69) is 48.2 Å². The predicted octanol–water partition coefficient (Wildman–Crippen LogP) is 3.43. The van der Waals surface area contributed by atoms with Gasteiger partial charge >= 0.3 is 0 Å². The summed E-state index contributed by atoms with van der Waals surface area (Å²) >= 11 is 0. The second-order valence-corrected chi connectivity index (χ2v) is 8.96. The Morgan fingerprint density at radius 3 is 2.52 bits per heavy atom. The van der Waals surface area contributed by atoms with Gasteiger partial charge in [-0.25, -0.2) is 9.98 Å². The van der Waals surface area contributed by atoms with E-state index < -0.39 is 0 Å². The average Bonchev–Trinajstić information content (AvgIpc) is 3.32. The molecule has 6 nitrogen and oxygen atoms in total. The Morgan fingerprint density at radius 2 is 1.93 bits per heavy atom. The fourth-order valence-electron chi connectivity index (χ4n) is 4.07. The van der Waals surface area contributed by atoms with Gasteiger partial charge in [-0.05, 0) is 32.6 Å². The molecule has 1 aromatic heterocycles. The molecule has 1 aliphatic carbocycles. The second kappa shape index (κ2) is 9.09. The number of piperidine rings is 1. The van der Waals surface area contributed by atoms with Gasteiger partial charge in [0.15, 0.2) is 5.96 Å². The van der Waals surface area contributed by atoms with Gasteiger partial charge in [0, 0.05) is 37.1 Å². The van der Waals surface area contributed by atoms with E-state index in [9.17, 15) is 0 Å². The monoisotopic (exact) mass is 375 g/mol. The lowest BCUT2D eigenvalue weighted by Gasteiger charge is -2.36. The lowest BCUT2D eigenvalue weighted by atomic mass is 9.94. The molecule has 0 spiro atoms. The summed E-state index contributed by atoms with van der Waals surface area (Å²) in [4.78, 5) is 11.8. The molecule has 0 unspecified atom stereocenters. The molecule has 1 saturated heterocycles. The summed E-state index contributed by atoms with van der Waals surface area (Å²) < 4.78 is 5.86. The molecule has 2 aliphatic rings. The highest BCUT2D eigenvalue weighted by molar-refractivity contribution is 5.80. The van der Waals surface area contributed by atoms with E-state index in [0.717, 1.165) is 24.3 Å². The molecule has 6 heteroatoms. The number of oxazole rings is 1. The second-order valence-electron chi connectivity index (χ2n) is 8.96. The van der Waals surface area contributed by atoms with Crippen molar-refractivity contribution in [1.82, 2.24) is 20.5 Å². The van der Waals surface area contributed by atoms with Crippen molar-refractivity contribution in [2.75, 3.05) is 19.6 Å². The third-order valence-electron chi connectivity index (χ3n) is 5.72. The maximum Gasteiger partial charge on any atom is 0.216 e. The molecule has 2 fully saturated rings. The number of aromatic nitrogens is 1. The van der Waals surface area contributed by atoms with Gasteiger partial charge in [0.1, 0.15) is 12.3 Å². The first-order valence-electron chi connectivity index (χ1n) is 10.7. The van der Waals surface area contributed by atoms with Crippen molar-refractivity contribution < 1.29 is 4.42 Å². The number of likely N-dealkylation sites (tertiary alicyclic amines) is 1. The molecule has 1 aliphatic heterocycles. The number of guanidine groups is 1. The quantitative estimate of drug-likeness (QED) is 0.610. The maximum atomic E-state index is 5.86. The van der Waals surface area contributed by atoms with Crippen LogP contribution in [0.4, 0.5) is 0 Å². The van der Waals surface area contributed by atoms with Crippen molar-refractivity contribution >= 4 is 5.96 Å². The summed E-state index contributed by atoms with van der Waals surface area (Å²) in [6.45, 7) is 12.2. The molecule has 0 atom stereocenters. The van der Waals surface area contributed by atoms with Crippen LogP contribution >= 0.6 is 0 Å². The van der Waals surface area contributed by atoms with Crippen LogP contribution in [0.3, 0.4) is 0 Å². The first kappa shape index (κ1) is 20.2. The third-order valence-corrected chi connectivity index (χ3v) is 5.72. The largest absolute Gasteiger partial charge is 0.443 e. The predicted molar refractivity (Wildman–Crippen MR) is 110 cm³/mol. The van der Waals surface area contributed by atoms with Crippen LogP contribution in [0.5, 0.6) is 0 Å². The standard InChI is InChI=1S/C21H37N5O/c1-5-22-20(24-15-19-23-14-18(27-19)21(2,3)4)25-16-10-12-26(13-11-16)17-8-6-7-9-17/h14,16-17H,5-13,15H2,1-4H3,(H2,22,24,25). The van der Waals surface area contributed by atoms with Crippen LogP contribution in [-0.4, -0.2) is 47.6 Å². The van der Waals surface area contributed by atoms with Crippen molar-refractivity contribution in [3.63, 3.8) is 0 Å². The van der Waals surface area contributed by atoms with Gasteiger partial charge < -0.3 is 20.0 Å². The molecule has 1 aromatic rings. The first-order chi connectivity index (χ1) is 13.0. The normalized spacial score (nSPS) is 21.0. The van der Waals surface area contributed by atoms with E-state index in [1.807, 2.05) is 6.20 Å². The Kier molecular flexibility index (Phi) is 6.79. The van der Waals surface area contributed by atoms with Crippen LogP contribution in [0.15, 0.2) is 15.6 Å². The molecule has 0 radical (unpaired) electrons. The maximum absolute atomic E-state index is 5.86. The topological polar surface area (TPSA) is 65.7 Å². The number of rotatable bonds is 5. The van der Waals surface area contributed by atoms with Gasteiger partial charge in [-0.1, -0.05) is 33.6 Å². The molecule has 27 heavy (non-hydrogen) atoms. The Bertz CT molecular complexity index is 604. The molecule has 152 valence electrons. The molecular weight excluding hydrogens is 338 g/mol. The van der Waals surface area contributed by atoms with Crippen LogP contribution in [0, 0.1) is 0 Å². The van der Waals surface area contributed by atoms with Gasteiger partial charge in [0.25, 0.3) is 0 Å². The van der Waals surface area contributed by atoms with Gasteiger partial charge in [0.05, 0.1) is 6.20 Å². The number of hydrogen-bond donors (Lipinski definition) is 2. The summed E-state index contributed by atoms with van der Waals surface area (Å²) in [6, 6.07) is 1.34. The first-order valence-corrected chi connectivity index (χ1v) is 10.7. The zero-order chi connectivity index (χ0) is 19.3. The van der Waals surface area contributed by atoms with E-state index in [4.69, 9.17) is 9.41 Å². The summed E-state index contributed by atoms with van der Waals surface area (Å²) in [5.74, 6) is 2.45. The number of nitrogens with zero attached hydrogens (tertiary/aromatic N) is 3. The van der Waals surface area contributed by atoms with Crippen molar-refractivity contribution in [3.8, 4) is 0 Å². The van der Waals surface area contributed by atoms with Gasteiger partial charge in [-0.2, -0.15) is 0 Å². The van der Waals surface area contributed by atoms with Crippen molar-refractivity contribution in [3.05, 3.63) is 17.8 Å². The van der Waals surface area contributed by atoms with Crippen molar-refractivity contribution in [2.24, 2.45) is 4.99 Å². The SMILES string of the molecule is CCNC(=NCc1ncc(C(C)(C)C)o1)NC1CCN(C2CCCC2)CC1. The Balaban J connectivity index is 1.51. The third kappa shape index (κ3) is 5.71. The zero-order valence-electron chi connectivity index (χ0n) is 17.6. The summed E-state index contributed by atoms with van der Waals surface area (Å²) in [6.07, 6.45) is 9.82. The van der Waals surface area contributed by atoms with Crippen molar-refractivity contribution in [2.45, 2.75) is 90.3 Å². The molecule has 1 saturated carbocycles.